The zero-order chi connectivity index (χ0) is 20.6. The number of hydrogen-bond acceptors (Lipinski definition) is 6. The molecule has 0 saturated carbocycles. The number of aryl methyl sites for hydroxylation is 1. The van der Waals surface area contributed by atoms with Crippen LogP contribution in [-0.2, 0) is 18.4 Å². The number of nitrogens with one attached hydrogen (secondary N) is 1. The molecule has 150 valence electrons. The molecule has 0 atom stereocenters. The van der Waals surface area contributed by atoms with E-state index < -0.39 is 0 Å². The van der Waals surface area contributed by atoms with Crippen LogP contribution in [0.5, 0.6) is 5.75 Å². The van der Waals surface area contributed by atoms with Crippen molar-refractivity contribution in [3.05, 3.63) is 70.2 Å². The Bertz CT molecular complexity index is 1030. The summed E-state index contributed by atoms with van der Waals surface area (Å²) in [5.41, 5.74) is 3.85. The van der Waals surface area contributed by atoms with E-state index in [4.69, 9.17) is 4.74 Å². The molecule has 29 heavy (non-hydrogen) atoms. The monoisotopic (exact) mass is 477 g/mol. The Balaban J connectivity index is 1.58. The van der Waals surface area contributed by atoms with Crippen LogP contribution < -0.4 is 10.2 Å². The SMILES string of the molecule is Cn1cnnc1SCC(=O)NN=Cc1cc(Br)ccc1OCc1cccc(F)c1. The van der Waals surface area contributed by atoms with Gasteiger partial charge in [0.05, 0.1) is 12.0 Å². The predicted molar refractivity (Wildman–Crippen MR) is 112 cm³/mol. The number of aromatic nitrogens is 3. The third kappa shape index (κ3) is 6.40. The van der Waals surface area contributed by atoms with E-state index in [0.29, 0.717) is 22.0 Å². The molecule has 2 aromatic carbocycles. The summed E-state index contributed by atoms with van der Waals surface area (Å²) >= 11 is 4.66. The number of carbonyl (C=O) groups excluding carboxylic acids is 1. The molecular weight excluding hydrogens is 461 g/mol. The number of rotatable bonds is 8. The number of hydrazone groups is 1. The Labute approximate surface area is 179 Å². The van der Waals surface area contributed by atoms with E-state index in [1.54, 1.807) is 36.1 Å². The second kappa shape index (κ2) is 10.2. The van der Waals surface area contributed by atoms with Crippen molar-refractivity contribution in [1.29, 1.82) is 0 Å². The van der Waals surface area contributed by atoms with E-state index in [-0.39, 0.29) is 24.1 Å². The van der Waals surface area contributed by atoms with Crippen molar-refractivity contribution in [3.63, 3.8) is 0 Å². The Morgan fingerprint density at radius 1 is 1.38 bits per heavy atom. The zero-order valence-corrected chi connectivity index (χ0v) is 17.8. The summed E-state index contributed by atoms with van der Waals surface area (Å²) in [6.07, 6.45) is 3.06. The van der Waals surface area contributed by atoms with Gasteiger partial charge >= 0.3 is 0 Å². The molecule has 3 aromatic rings. The molecule has 1 amide bonds. The maximum Gasteiger partial charge on any atom is 0.250 e. The lowest BCUT2D eigenvalue weighted by Gasteiger charge is -2.10. The molecule has 1 aromatic heterocycles. The van der Waals surface area contributed by atoms with E-state index >= 15 is 0 Å². The molecule has 1 N–H and O–H groups in total. The third-order valence-corrected chi connectivity index (χ3v) is 5.18. The molecule has 10 heteroatoms. The fraction of sp³-hybridized carbons (Fsp3) is 0.158. The normalized spacial score (nSPS) is 11.0. The van der Waals surface area contributed by atoms with Crippen molar-refractivity contribution in [2.75, 3.05) is 5.75 Å². The lowest BCUT2D eigenvalue weighted by atomic mass is 10.2. The van der Waals surface area contributed by atoms with Gasteiger partial charge in [-0.1, -0.05) is 39.8 Å². The van der Waals surface area contributed by atoms with Gasteiger partial charge < -0.3 is 9.30 Å². The Morgan fingerprint density at radius 2 is 2.24 bits per heavy atom. The summed E-state index contributed by atoms with van der Waals surface area (Å²) in [5.74, 6) is 0.131. The summed E-state index contributed by atoms with van der Waals surface area (Å²) in [5, 5.41) is 12.3. The number of benzene rings is 2. The van der Waals surface area contributed by atoms with Crippen LogP contribution in [-0.4, -0.2) is 32.6 Å². The van der Waals surface area contributed by atoms with Gasteiger partial charge in [-0.25, -0.2) is 9.82 Å². The van der Waals surface area contributed by atoms with Gasteiger partial charge in [0.25, 0.3) is 5.91 Å². The van der Waals surface area contributed by atoms with Crippen molar-refractivity contribution in [2.45, 2.75) is 11.8 Å². The number of halogens is 2. The lowest BCUT2D eigenvalue weighted by Crippen LogP contribution is -2.20. The van der Waals surface area contributed by atoms with Crippen LogP contribution in [0.15, 0.2) is 63.5 Å². The Morgan fingerprint density at radius 3 is 3.00 bits per heavy atom. The number of nitrogens with zero attached hydrogens (tertiary/aromatic N) is 4. The molecular formula is C19H17BrFN5O2S. The lowest BCUT2D eigenvalue weighted by molar-refractivity contribution is -0.118. The van der Waals surface area contributed by atoms with Crippen molar-refractivity contribution in [1.82, 2.24) is 20.2 Å². The highest BCUT2D eigenvalue weighted by atomic mass is 79.9. The van der Waals surface area contributed by atoms with Crippen molar-refractivity contribution in [2.24, 2.45) is 12.1 Å². The standard InChI is InChI=1S/C19H17BrFN5O2S/c1-26-12-23-25-19(26)29-11-18(27)24-22-9-14-8-15(20)5-6-17(14)28-10-13-3-2-4-16(21)7-13/h2-9,12H,10-11H2,1H3,(H,24,27). The Hall–Kier alpha value is -2.72. The first kappa shape index (κ1) is 21.0. The molecule has 0 aliphatic heterocycles. The highest BCUT2D eigenvalue weighted by Crippen LogP contribution is 2.23. The van der Waals surface area contributed by atoms with Gasteiger partial charge in [0, 0.05) is 17.1 Å². The number of thioether (sulfide) groups is 1. The largest absolute Gasteiger partial charge is 0.488 e. The number of carbonyl (C=O) groups is 1. The molecule has 0 unspecified atom stereocenters. The first-order chi connectivity index (χ1) is 14.0. The number of hydrogen-bond donors (Lipinski definition) is 1. The van der Waals surface area contributed by atoms with Crippen LogP contribution in [0.3, 0.4) is 0 Å². The smallest absolute Gasteiger partial charge is 0.250 e. The first-order valence-electron chi connectivity index (χ1n) is 8.47. The molecule has 0 aliphatic rings. The summed E-state index contributed by atoms with van der Waals surface area (Å²) in [4.78, 5) is 12.0. The molecule has 0 bridgehead atoms. The summed E-state index contributed by atoms with van der Waals surface area (Å²) in [7, 11) is 1.80. The van der Waals surface area contributed by atoms with Crippen LogP contribution in [0.4, 0.5) is 4.39 Å². The van der Waals surface area contributed by atoms with Crippen molar-refractivity contribution >= 4 is 39.8 Å². The highest BCUT2D eigenvalue weighted by Gasteiger charge is 2.07. The molecule has 0 radical (unpaired) electrons. The van der Waals surface area contributed by atoms with Gasteiger partial charge in [-0.3, -0.25) is 4.79 Å². The fourth-order valence-corrected chi connectivity index (χ4v) is 3.34. The van der Waals surface area contributed by atoms with Gasteiger partial charge in [-0.2, -0.15) is 5.10 Å². The third-order valence-electron chi connectivity index (χ3n) is 3.65. The first-order valence-corrected chi connectivity index (χ1v) is 10.2. The molecule has 0 aliphatic carbocycles. The average Bonchev–Trinajstić information content (AvgIpc) is 3.10. The molecule has 3 rings (SSSR count). The maximum absolute atomic E-state index is 13.3. The van der Waals surface area contributed by atoms with Crippen LogP contribution in [0.1, 0.15) is 11.1 Å². The topological polar surface area (TPSA) is 81.4 Å². The predicted octanol–water partition coefficient (Wildman–Crippen LogP) is 3.54. The van der Waals surface area contributed by atoms with Gasteiger partial charge in [-0.05, 0) is 35.9 Å². The minimum Gasteiger partial charge on any atom is -0.488 e. The van der Waals surface area contributed by atoms with Crippen LogP contribution >= 0.6 is 27.7 Å². The highest BCUT2D eigenvalue weighted by molar-refractivity contribution is 9.10. The van der Waals surface area contributed by atoms with Crippen molar-refractivity contribution in [3.8, 4) is 5.75 Å². The van der Waals surface area contributed by atoms with E-state index in [0.717, 1.165) is 4.47 Å². The Kier molecular flexibility index (Phi) is 7.36. The van der Waals surface area contributed by atoms with E-state index in [1.165, 1.54) is 30.1 Å². The second-order valence-electron chi connectivity index (χ2n) is 5.91. The minimum atomic E-state index is -0.314. The minimum absolute atomic E-state index is 0.158. The van der Waals surface area contributed by atoms with Gasteiger partial charge in [-0.15, -0.1) is 10.2 Å². The summed E-state index contributed by atoms with van der Waals surface area (Å²) in [6.45, 7) is 0.209. The average molecular weight is 478 g/mol. The second-order valence-corrected chi connectivity index (χ2v) is 7.77. The maximum atomic E-state index is 13.3. The van der Waals surface area contributed by atoms with Crippen LogP contribution in [0, 0.1) is 5.82 Å². The summed E-state index contributed by atoms with van der Waals surface area (Å²) in [6, 6.07) is 11.6. The van der Waals surface area contributed by atoms with E-state index in [2.05, 4.69) is 36.7 Å². The van der Waals surface area contributed by atoms with Crippen LogP contribution in [0.2, 0.25) is 0 Å². The van der Waals surface area contributed by atoms with Gasteiger partial charge in [0.15, 0.2) is 5.16 Å². The quantitative estimate of drug-likeness (QED) is 0.304. The molecule has 0 fully saturated rings. The number of amides is 1. The zero-order valence-electron chi connectivity index (χ0n) is 15.4. The molecule has 7 nitrogen and oxygen atoms in total. The van der Waals surface area contributed by atoms with E-state index in [1.807, 2.05) is 12.1 Å². The number of ether oxygens (including phenoxy) is 1. The van der Waals surface area contributed by atoms with E-state index in [9.17, 15) is 9.18 Å². The fourth-order valence-electron chi connectivity index (χ4n) is 2.28. The molecule has 1 heterocycles. The van der Waals surface area contributed by atoms with Gasteiger partial charge in [0.1, 0.15) is 24.5 Å². The van der Waals surface area contributed by atoms with Crippen molar-refractivity contribution < 1.29 is 13.9 Å². The van der Waals surface area contributed by atoms with Crippen LogP contribution in [0.25, 0.3) is 0 Å². The van der Waals surface area contributed by atoms with Gasteiger partial charge in [0.2, 0.25) is 0 Å². The molecule has 0 spiro atoms. The molecule has 0 saturated heterocycles. The summed E-state index contributed by atoms with van der Waals surface area (Å²) < 4.78 is 21.7.